The molecule has 1 heterocycles. The number of aryl methyl sites for hydroxylation is 1. The summed E-state index contributed by atoms with van der Waals surface area (Å²) in [6.07, 6.45) is -3.92. The van der Waals surface area contributed by atoms with Gasteiger partial charge >= 0.3 is 12.1 Å². The fraction of sp³-hybridized carbons (Fsp3) is 0.600. The van der Waals surface area contributed by atoms with Gasteiger partial charge in [-0.25, -0.2) is 9.78 Å². The third kappa shape index (κ3) is 3.21. The minimum atomic E-state index is -4.72. The molecule has 0 saturated carbocycles. The zero-order valence-electron chi connectivity index (χ0n) is 9.43. The molecule has 0 amide bonds. The van der Waals surface area contributed by atoms with Crippen molar-refractivity contribution in [3.8, 4) is 0 Å². The zero-order valence-corrected chi connectivity index (χ0v) is 9.43. The average Bonchev–Trinajstić information content (AvgIpc) is 2.62. The molecule has 1 rings (SSSR count). The van der Waals surface area contributed by atoms with Gasteiger partial charge in [-0.3, -0.25) is 0 Å². The minimum Gasteiger partial charge on any atom is -0.460 e. The van der Waals surface area contributed by atoms with Crippen molar-refractivity contribution in [3.05, 3.63) is 17.3 Å². The standard InChI is InChI=1S/C10H12F3NO3/c1-3-5-6-14-8(10(11,12)13)7(17-6)9(15)16-4-2/h3-5H2,1-2H3. The van der Waals surface area contributed by atoms with Crippen molar-refractivity contribution in [2.24, 2.45) is 0 Å². The van der Waals surface area contributed by atoms with E-state index in [9.17, 15) is 18.0 Å². The fourth-order valence-electron chi connectivity index (χ4n) is 1.21. The number of hydrogen-bond acceptors (Lipinski definition) is 4. The summed E-state index contributed by atoms with van der Waals surface area (Å²) in [5, 5.41) is 0. The number of esters is 1. The molecule has 7 heteroatoms. The van der Waals surface area contributed by atoms with E-state index in [-0.39, 0.29) is 18.9 Å². The summed E-state index contributed by atoms with van der Waals surface area (Å²) in [6, 6.07) is 0. The van der Waals surface area contributed by atoms with E-state index in [0.717, 1.165) is 0 Å². The Bertz CT molecular complexity index is 398. The number of halogens is 3. The lowest BCUT2D eigenvalue weighted by atomic mass is 10.3. The van der Waals surface area contributed by atoms with Gasteiger partial charge < -0.3 is 9.15 Å². The molecule has 0 aliphatic rings. The smallest absolute Gasteiger partial charge is 0.437 e. The number of oxazole rings is 1. The predicted molar refractivity (Wildman–Crippen MR) is 51.5 cm³/mol. The molecule has 0 unspecified atom stereocenters. The zero-order chi connectivity index (χ0) is 13.1. The SMILES string of the molecule is CCCc1nc(C(F)(F)F)c(C(=O)OCC)o1. The molecule has 0 atom stereocenters. The summed E-state index contributed by atoms with van der Waals surface area (Å²) in [5.74, 6) is -2.12. The highest BCUT2D eigenvalue weighted by Gasteiger charge is 2.41. The number of carbonyl (C=O) groups excluding carboxylic acids is 1. The fourth-order valence-corrected chi connectivity index (χ4v) is 1.21. The molecule has 1 aromatic rings. The monoisotopic (exact) mass is 251 g/mol. The van der Waals surface area contributed by atoms with Crippen LogP contribution in [0.25, 0.3) is 0 Å². The second-order valence-electron chi connectivity index (χ2n) is 3.25. The first kappa shape index (κ1) is 13.5. The molecule has 0 aliphatic carbocycles. The maximum absolute atomic E-state index is 12.6. The Morgan fingerprint density at radius 3 is 2.53 bits per heavy atom. The molecule has 0 saturated heterocycles. The molecule has 0 aromatic carbocycles. The Kier molecular flexibility index (Phi) is 4.14. The van der Waals surface area contributed by atoms with Crippen molar-refractivity contribution in [2.75, 3.05) is 6.61 Å². The molecule has 0 aliphatic heterocycles. The van der Waals surface area contributed by atoms with Crippen LogP contribution in [-0.2, 0) is 17.3 Å². The highest BCUT2D eigenvalue weighted by atomic mass is 19.4. The third-order valence-corrected chi connectivity index (χ3v) is 1.86. The summed E-state index contributed by atoms with van der Waals surface area (Å²) >= 11 is 0. The van der Waals surface area contributed by atoms with Gasteiger partial charge in [-0.2, -0.15) is 13.2 Å². The number of aromatic nitrogens is 1. The number of hydrogen-bond donors (Lipinski definition) is 0. The first-order chi connectivity index (χ1) is 7.90. The molecule has 17 heavy (non-hydrogen) atoms. The molecule has 0 spiro atoms. The Morgan fingerprint density at radius 2 is 2.06 bits per heavy atom. The van der Waals surface area contributed by atoms with Crippen molar-refractivity contribution in [1.82, 2.24) is 4.98 Å². The molecule has 4 nitrogen and oxygen atoms in total. The predicted octanol–water partition coefficient (Wildman–Crippen LogP) is 2.82. The second kappa shape index (κ2) is 5.20. The van der Waals surface area contributed by atoms with Crippen molar-refractivity contribution >= 4 is 5.97 Å². The van der Waals surface area contributed by atoms with Crippen molar-refractivity contribution in [3.63, 3.8) is 0 Å². The maximum Gasteiger partial charge on any atom is 0.437 e. The van der Waals surface area contributed by atoms with Crippen LogP contribution in [0.1, 0.15) is 42.4 Å². The number of ether oxygens (including phenoxy) is 1. The van der Waals surface area contributed by atoms with Crippen LogP contribution in [0.5, 0.6) is 0 Å². The van der Waals surface area contributed by atoms with Gasteiger partial charge in [-0.1, -0.05) is 6.92 Å². The van der Waals surface area contributed by atoms with Gasteiger partial charge in [-0.15, -0.1) is 0 Å². The Hall–Kier alpha value is -1.53. The summed E-state index contributed by atoms with van der Waals surface area (Å²) in [5.41, 5.74) is -1.32. The van der Waals surface area contributed by atoms with Crippen molar-refractivity contribution in [1.29, 1.82) is 0 Å². The molecular weight excluding hydrogens is 239 g/mol. The number of rotatable bonds is 4. The highest BCUT2D eigenvalue weighted by Crippen LogP contribution is 2.32. The van der Waals surface area contributed by atoms with E-state index in [4.69, 9.17) is 4.42 Å². The van der Waals surface area contributed by atoms with Crippen molar-refractivity contribution in [2.45, 2.75) is 32.9 Å². The summed E-state index contributed by atoms with van der Waals surface area (Å²) in [4.78, 5) is 14.6. The molecule has 0 N–H and O–H groups in total. The highest BCUT2D eigenvalue weighted by molar-refractivity contribution is 5.87. The Morgan fingerprint density at radius 1 is 1.41 bits per heavy atom. The van der Waals surface area contributed by atoms with E-state index in [1.807, 2.05) is 0 Å². The lowest BCUT2D eigenvalue weighted by Gasteiger charge is -2.03. The van der Waals surface area contributed by atoms with E-state index in [1.165, 1.54) is 6.92 Å². The largest absolute Gasteiger partial charge is 0.460 e. The van der Waals surface area contributed by atoms with Crippen LogP contribution >= 0.6 is 0 Å². The van der Waals surface area contributed by atoms with E-state index >= 15 is 0 Å². The third-order valence-electron chi connectivity index (χ3n) is 1.86. The summed E-state index contributed by atoms with van der Waals surface area (Å²) in [6.45, 7) is 3.23. The van der Waals surface area contributed by atoms with Crippen LogP contribution in [-0.4, -0.2) is 17.6 Å². The molecule has 0 fully saturated rings. The summed E-state index contributed by atoms with van der Waals surface area (Å²) in [7, 11) is 0. The van der Waals surface area contributed by atoms with Crippen molar-refractivity contribution < 1.29 is 27.1 Å². The first-order valence-corrected chi connectivity index (χ1v) is 5.14. The lowest BCUT2D eigenvalue weighted by Crippen LogP contribution is -2.14. The van der Waals surface area contributed by atoms with Gasteiger partial charge in [0, 0.05) is 6.42 Å². The van der Waals surface area contributed by atoms with E-state index in [1.54, 1.807) is 6.92 Å². The summed E-state index contributed by atoms with van der Waals surface area (Å²) < 4.78 is 47.0. The second-order valence-corrected chi connectivity index (χ2v) is 3.25. The van der Waals surface area contributed by atoms with Gasteiger partial charge in [0.15, 0.2) is 11.6 Å². The quantitative estimate of drug-likeness (QED) is 0.772. The molecular formula is C10H12F3NO3. The molecule has 0 bridgehead atoms. The number of nitrogens with zero attached hydrogens (tertiary/aromatic N) is 1. The van der Waals surface area contributed by atoms with E-state index in [0.29, 0.717) is 6.42 Å². The van der Waals surface area contributed by atoms with Crippen LogP contribution in [0.2, 0.25) is 0 Å². The van der Waals surface area contributed by atoms with Gasteiger partial charge in [0.05, 0.1) is 6.61 Å². The Labute approximate surface area is 95.8 Å². The van der Waals surface area contributed by atoms with Crippen LogP contribution < -0.4 is 0 Å². The minimum absolute atomic E-state index is 0.0278. The Balaban J connectivity index is 3.12. The molecule has 1 aromatic heterocycles. The van der Waals surface area contributed by atoms with Crippen LogP contribution in [0.15, 0.2) is 4.42 Å². The van der Waals surface area contributed by atoms with Gasteiger partial charge in [0.1, 0.15) is 0 Å². The normalized spacial score (nSPS) is 11.6. The molecule has 96 valence electrons. The van der Waals surface area contributed by atoms with Gasteiger partial charge in [-0.05, 0) is 13.3 Å². The lowest BCUT2D eigenvalue weighted by molar-refractivity contribution is -0.141. The van der Waals surface area contributed by atoms with Crippen LogP contribution in [0.3, 0.4) is 0 Å². The van der Waals surface area contributed by atoms with Crippen LogP contribution in [0, 0.1) is 0 Å². The first-order valence-electron chi connectivity index (χ1n) is 5.14. The van der Waals surface area contributed by atoms with Crippen LogP contribution in [0.4, 0.5) is 13.2 Å². The van der Waals surface area contributed by atoms with Gasteiger partial charge in [0.2, 0.25) is 5.76 Å². The number of carbonyl (C=O) groups is 1. The van der Waals surface area contributed by atoms with Gasteiger partial charge in [0.25, 0.3) is 0 Å². The van der Waals surface area contributed by atoms with E-state index < -0.39 is 23.6 Å². The van der Waals surface area contributed by atoms with E-state index in [2.05, 4.69) is 9.72 Å². The topological polar surface area (TPSA) is 52.3 Å². The molecule has 0 radical (unpaired) electrons. The average molecular weight is 251 g/mol. The number of alkyl halides is 3. The maximum atomic E-state index is 12.6.